The van der Waals surface area contributed by atoms with E-state index in [0.29, 0.717) is 17.9 Å². The molecule has 3 nitrogen and oxygen atoms in total. The van der Waals surface area contributed by atoms with E-state index in [4.69, 9.17) is 9.47 Å². The predicted octanol–water partition coefficient (Wildman–Crippen LogP) is 2.22. The van der Waals surface area contributed by atoms with Gasteiger partial charge in [0.2, 0.25) is 0 Å². The molecule has 0 aromatic heterocycles. The van der Waals surface area contributed by atoms with Gasteiger partial charge >= 0.3 is 0 Å². The summed E-state index contributed by atoms with van der Waals surface area (Å²) in [6.45, 7) is 4.48. The Hall–Kier alpha value is -1.35. The summed E-state index contributed by atoms with van der Waals surface area (Å²) in [4.78, 5) is 11.7. The summed E-state index contributed by atoms with van der Waals surface area (Å²) in [5, 5.41) is 0. The van der Waals surface area contributed by atoms with Gasteiger partial charge in [0.05, 0.1) is 12.2 Å². The summed E-state index contributed by atoms with van der Waals surface area (Å²) < 4.78 is 10.2. The fraction of sp³-hybridized carbons (Fsp3) is 0.417. The standard InChI is InChI=1S/C12H16O3/c1-4-15-12-6-5-9(2)7-10(12)11(13)8-14-3/h5-7H,4,8H2,1-3H3. The van der Waals surface area contributed by atoms with Gasteiger partial charge in [0.25, 0.3) is 0 Å². The molecule has 0 saturated carbocycles. The van der Waals surface area contributed by atoms with Crippen molar-refractivity contribution < 1.29 is 14.3 Å². The topological polar surface area (TPSA) is 35.5 Å². The summed E-state index contributed by atoms with van der Waals surface area (Å²) in [7, 11) is 1.51. The van der Waals surface area contributed by atoms with Gasteiger partial charge in [-0.3, -0.25) is 4.79 Å². The van der Waals surface area contributed by atoms with E-state index in [1.807, 2.05) is 32.0 Å². The smallest absolute Gasteiger partial charge is 0.192 e. The highest BCUT2D eigenvalue weighted by atomic mass is 16.5. The number of hydrogen-bond acceptors (Lipinski definition) is 3. The van der Waals surface area contributed by atoms with E-state index in [0.717, 1.165) is 5.56 Å². The first-order valence-electron chi connectivity index (χ1n) is 4.94. The highest BCUT2D eigenvalue weighted by molar-refractivity contribution is 5.99. The second-order valence-electron chi connectivity index (χ2n) is 3.29. The van der Waals surface area contributed by atoms with Crippen molar-refractivity contribution in [1.29, 1.82) is 0 Å². The van der Waals surface area contributed by atoms with Crippen LogP contribution in [0.25, 0.3) is 0 Å². The Balaban J connectivity index is 3.00. The van der Waals surface area contributed by atoms with E-state index >= 15 is 0 Å². The molecule has 1 aromatic rings. The van der Waals surface area contributed by atoms with Gasteiger partial charge in [-0.2, -0.15) is 0 Å². The van der Waals surface area contributed by atoms with Crippen molar-refractivity contribution >= 4 is 5.78 Å². The fourth-order valence-corrected chi connectivity index (χ4v) is 1.35. The van der Waals surface area contributed by atoms with Crippen LogP contribution in [0.5, 0.6) is 5.75 Å². The van der Waals surface area contributed by atoms with Crippen molar-refractivity contribution in [2.24, 2.45) is 0 Å². The molecule has 0 aliphatic carbocycles. The van der Waals surface area contributed by atoms with E-state index in [1.54, 1.807) is 0 Å². The minimum absolute atomic E-state index is 0.0512. The van der Waals surface area contributed by atoms with Gasteiger partial charge in [-0.1, -0.05) is 11.6 Å². The van der Waals surface area contributed by atoms with E-state index in [-0.39, 0.29) is 12.4 Å². The molecule has 0 amide bonds. The van der Waals surface area contributed by atoms with Crippen molar-refractivity contribution in [3.05, 3.63) is 29.3 Å². The minimum atomic E-state index is -0.0512. The molecule has 0 fully saturated rings. The van der Waals surface area contributed by atoms with Crippen LogP contribution in [0, 0.1) is 6.92 Å². The molecule has 0 unspecified atom stereocenters. The number of ketones is 1. The number of benzene rings is 1. The van der Waals surface area contributed by atoms with Crippen molar-refractivity contribution in [2.75, 3.05) is 20.3 Å². The van der Waals surface area contributed by atoms with Gasteiger partial charge in [-0.15, -0.1) is 0 Å². The number of carbonyl (C=O) groups excluding carboxylic acids is 1. The van der Waals surface area contributed by atoms with E-state index < -0.39 is 0 Å². The van der Waals surface area contributed by atoms with Gasteiger partial charge in [-0.25, -0.2) is 0 Å². The third-order valence-corrected chi connectivity index (χ3v) is 2.01. The molecule has 0 radical (unpaired) electrons. The zero-order chi connectivity index (χ0) is 11.3. The molecule has 1 rings (SSSR count). The van der Waals surface area contributed by atoms with Crippen LogP contribution in [-0.2, 0) is 4.74 Å². The predicted molar refractivity (Wildman–Crippen MR) is 58.6 cm³/mol. The summed E-state index contributed by atoms with van der Waals surface area (Å²) >= 11 is 0. The molecular weight excluding hydrogens is 192 g/mol. The highest BCUT2D eigenvalue weighted by Gasteiger charge is 2.12. The van der Waals surface area contributed by atoms with E-state index in [9.17, 15) is 4.79 Å². The van der Waals surface area contributed by atoms with Crippen LogP contribution in [0.3, 0.4) is 0 Å². The Labute approximate surface area is 90.0 Å². The van der Waals surface area contributed by atoms with Crippen LogP contribution < -0.4 is 4.74 Å². The van der Waals surface area contributed by atoms with Gasteiger partial charge in [-0.05, 0) is 26.0 Å². The summed E-state index contributed by atoms with van der Waals surface area (Å²) in [6, 6.07) is 5.57. The summed E-state index contributed by atoms with van der Waals surface area (Å²) in [5.74, 6) is 0.579. The number of rotatable bonds is 5. The maximum atomic E-state index is 11.7. The Kier molecular flexibility index (Phi) is 4.31. The quantitative estimate of drug-likeness (QED) is 0.696. The average molecular weight is 208 g/mol. The lowest BCUT2D eigenvalue weighted by Crippen LogP contribution is -2.09. The Morgan fingerprint density at radius 1 is 1.40 bits per heavy atom. The third-order valence-electron chi connectivity index (χ3n) is 2.01. The second kappa shape index (κ2) is 5.51. The number of hydrogen-bond donors (Lipinski definition) is 0. The fourth-order valence-electron chi connectivity index (χ4n) is 1.35. The SMILES string of the molecule is CCOc1ccc(C)cc1C(=O)COC. The van der Waals surface area contributed by atoms with Crippen LogP contribution in [0.2, 0.25) is 0 Å². The summed E-state index contributed by atoms with van der Waals surface area (Å²) in [5.41, 5.74) is 1.64. The van der Waals surface area contributed by atoms with Gasteiger partial charge in [0, 0.05) is 7.11 Å². The Bertz CT molecular complexity index is 345. The molecule has 0 aliphatic rings. The van der Waals surface area contributed by atoms with Crippen molar-refractivity contribution in [2.45, 2.75) is 13.8 Å². The number of aryl methyl sites for hydroxylation is 1. The molecule has 0 aliphatic heterocycles. The summed E-state index contributed by atoms with van der Waals surface area (Å²) in [6.07, 6.45) is 0. The molecule has 0 spiro atoms. The second-order valence-corrected chi connectivity index (χ2v) is 3.29. The van der Waals surface area contributed by atoms with E-state index in [1.165, 1.54) is 7.11 Å². The third kappa shape index (κ3) is 3.06. The highest BCUT2D eigenvalue weighted by Crippen LogP contribution is 2.20. The number of methoxy groups -OCH3 is 1. The molecule has 15 heavy (non-hydrogen) atoms. The molecule has 0 saturated heterocycles. The van der Waals surface area contributed by atoms with Crippen LogP contribution in [-0.4, -0.2) is 26.1 Å². The molecule has 3 heteroatoms. The number of ether oxygens (including phenoxy) is 2. The number of Topliss-reactive ketones (excluding diaryl/α,β-unsaturated/α-hetero) is 1. The molecule has 0 bridgehead atoms. The van der Waals surface area contributed by atoms with Gasteiger partial charge in [0.1, 0.15) is 12.4 Å². The van der Waals surface area contributed by atoms with E-state index in [2.05, 4.69) is 0 Å². The Morgan fingerprint density at radius 3 is 2.73 bits per heavy atom. The molecule has 0 N–H and O–H groups in total. The van der Waals surface area contributed by atoms with Gasteiger partial charge in [0.15, 0.2) is 5.78 Å². The lowest BCUT2D eigenvalue weighted by atomic mass is 10.1. The monoisotopic (exact) mass is 208 g/mol. The zero-order valence-electron chi connectivity index (χ0n) is 9.37. The molecular formula is C12H16O3. The minimum Gasteiger partial charge on any atom is -0.493 e. The molecule has 1 aromatic carbocycles. The molecule has 0 atom stereocenters. The first-order valence-corrected chi connectivity index (χ1v) is 4.94. The maximum absolute atomic E-state index is 11.7. The van der Waals surface area contributed by atoms with Crippen molar-refractivity contribution in [3.63, 3.8) is 0 Å². The lowest BCUT2D eigenvalue weighted by Gasteiger charge is -2.09. The van der Waals surface area contributed by atoms with Crippen LogP contribution >= 0.6 is 0 Å². The zero-order valence-corrected chi connectivity index (χ0v) is 9.37. The average Bonchev–Trinajstić information content (AvgIpc) is 2.21. The lowest BCUT2D eigenvalue weighted by molar-refractivity contribution is 0.0844. The van der Waals surface area contributed by atoms with Crippen LogP contribution in [0.4, 0.5) is 0 Å². The molecule has 82 valence electrons. The Morgan fingerprint density at radius 2 is 2.13 bits per heavy atom. The van der Waals surface area contributed by atoms with Crippen molar-refractivity contribution in [3.8, 4) is 5.75 Å². The normalized spacial score (nSPS) is 10.1. The first kappa shape index (κ1) is 11.7. The van der Waals surface area contributed by atoms with Crippen LogP contribution in [0.1, 0.15) is 22.8 Å². The molecule has 0 heterocycles. The number of carbonyl (C=O) groups is 1. The maximum Gasteiger partial charge on any atom is 0.192 e. The van der Waals surface area contributed by atoms with Gasteiger partial charge < -0.3 is 9.47 Å². The van der Waals surface area contributed by atoms with Crippen molar-refractivity contribution in [1.82, 2.24) is 0 Å². The largest absolute Gasteiger partial charge is 0.493 e. The van der Waals surface area contributed by atoms with Crippen LogP contribution in [0.15, 0.2) is 18.2 Å². The first-order chi connectivity index (χ1) is 7.19.